The molecule has 0 radical (unpaired) electrons. The van der Waals surface area contributed by atoms with Crippen LogP contribution in [-0.2, 0) is 4.79 Å². The van der Waals surface area contributed by atoms with E-state index in [1.165, 1.54) is 12.4 Å². The molecule has 1 aromatic carbocycles. The van der Waals surface area contributed by atoms with E-state index < -0.39 is 0 Å². The molecule has 2 amide bonds. The Labute approximate surface area is 122 Å². The van der Waals surface area contributed by atoms with Crippen LogP contribution in [0.25, 0.3) is 0 Å². The predicted molar refractivity (Wildman–Crippen MR) is 80.1 cm³/mol. The molecule has 0 aliphatic heterocycles. The fraction of sp³-hybridized carbons (Fsp3) is 0.200. The van der Waals surface area contributed by atoms with Gasteiger partial charge < -0.3 is 10.6 Å². The van der Waals surface area contributed by atoms with Crippen molar-refractivity contribution in [2.75, 3.05) is 10.6 Å². The summed E-state index contributed by atoms with van der Waals surface area (Å²) in [5.74, 6) is -0.299. The van der Waals surface area contributed by atoms with Gasteiger partial charge in [0.2, 0.25) is 5.91 Å². The first-order valence-corrected chi connectivity index (χ1v) is 6.58. The van der Waals surface area contributed by atoms with Gasteiger partial charge in [0.05, 0.1) is 18.0 Å². The fourth-order valence-electron chi connectivity index (χ4n) is 1.75. The Kier molecular flexibility index (Phi) is 4.61. The Morgan fingerprint density at radius 2 is 1.95 bits per heavy atom. The maximum Gasteiger partial charge on any atom is 0.257 e. The van der Waals surface area contributed by atoms with E-state index in [2.05, 4.69) is 20.8 Å². The molecule has 0 spiro atoms. The lowest BCUT2D eigenvalue weighted by Crippen LogP contribution is -2.14. The summed E-state index contributed by atoms with van der Waals surface area (Å²) in [7, 11) is 0. The van der Waals surface area contributed by atoms with Crippen molar-refractivity contribution in [3.05, 3.63) is 47.8 Å². The smallest absolute Gasteiger partial charge is 0.257 e. The van der Waals surface area contributed by atoms with Crippen LogP contribution >= 0.6 is 0 Å². The fourth-order valence-corrected chi connectivity index (χ4v) is 1.75. The lowest BCUT2D eigenvalue weighted by atomic mass is 10.1. The lowest BCUT2D eigenvalue weighted by molar-refractivity contribution is -0.115. The number of carbonyl (C=O) groups excluding carboxylic acids is 2. The molecule has 1 heterocycles. The van der Waals surface area contributed by atoms with Gasteiger partial charge in [-0.05, 0) is 36.8 Å². The molecule has 0 saturated heterocycles. The van der Waals surface area contributed by atoms with Gasteiger partial charge in [-0.25, -0.2) is 0 Å². The second kappa shape index (κ2) is 6.60. The van der Waals surface area contributed by atoms with E-state index in [4.69, 9.17) is 0 Å². The van der Waals surface area contributed by atoms with Crippen LogP contribution in [0.3, 0.4) is 0 Å². The van der Waals surface area contributed by atoms with Crippen molar-refractivity contribution in [3.63, 3.8) is 0 Å². The summed E-state index contributed by atoms with van der Waals surface area (Å²) in [5.41, 5.74) is 2.70. The summed E-state index contributed by atoms with van der Waals surface area (Å²) in [6.07, 6.45) is 3.29. The minimum Gasteiger partial charge on any atom is -0.326 e. The molecule has 0 aliphatic carbocycles. The van der Waals surface area contributed by atoms with E-state index in [9.17, 15) is 9.59 Å². The number of aryl methyl sites for hydroxylation is 1. The Morgan fingerprint density at radius 3 is 2.57 bits per heavy atom. The van der Waals surface area contributed by atoms with Crippen molar-refractivity contribution < 1.29 is 9.59 Å². The van der Waals surface area contributed by atoms with Crippen LogP contribution in [0.5, 0.6) is 0 Å². The zero-order valence-electron chi connectivity index (χ0n) is 11.9. The molecule has 6 heteroatoms. The van der Waals surface area contributed by atoms with Gasteiger partial charge in [0.25, 0.3) is 5.91 Å². The van der Waals surface area contributed by atoms with E-state index in [1.807, 2.05) is 13.0 Å². The molecule has 1 aromatic heterocycles. The van der Waals surface area contributed by atoms with Gasteiger partial charge in [-0.3, -0.25) is 9.59 Å². The average molecular weight is 284 g/mol. The number of benzene rings is 1. The number of nitrogens with zero attached hydrogens (tertiary/aromatic N) is 2. The molecule has 2 N–H and O–H groups in total. The normalized spacial score (nSPS) is 10.0. The molecule has 2 rings (SSSR count). The first-order valence-electron chi connectivity index (χ1n) is 6.58. The van der Waals surface area contributed by atoms with Crippen molar-refractivity contribution in [3.8, 4) is 0 Å². The van der Waals surface area contributed by atoms with Gasteiger partial charge in [0.15, 0.2) is 0 Å². The highest BCUT2D eigenvalue weighted by atomic mass is 16.2. The highest BCUT2D eigenvalue weighted by Crippen LogP contribution is 2.20. The van der Waals surface area contributed by atoms with Crippen LogP contribution in [0.4, 0.5) is 11.4 Å². The monoisotopic (exact) mass is 284 g/mol. The second-order valence-corrected chi connectivity index (χ2v) is 4.52. The molecule has 0 fully saturated rings. The predicted octanol–water partition coefficient (Wildman–Crippen LogP) is 2.39. The Hall–Kier alpha value is -2.76. The highest BCUT2D eigenvalue weighted by Gasteiger charge is 2.08. The molecular formula is C15H16N4O2. The summed E-state index contributed by atoms with van der Waals surface area (Å²) in [5, 5.41) is 12.9. The quantitative estimate of drug-likeness (QED) is 0.902. The third-order valence-electron chi connectivity index (χ3n) is 2.93. The van der Waals surface area contributed by atoms with Crippen LogP contribution in [-0.4, -0.2) is 22.0 Å². The lowest BCUT2D eigenvalue weighted by Gasteiger charge is -2.10. The van der Waals surface area contributed by atoms with Gasteiger partial charge >= 0.3 is 0 Å². The van der Waals surface area contributed by atoms with E-state index in [-0.39, 0.29) is 11.8 Å². The van der Waals surface area contributed by atoms with E-state index >= 15 is 0 Å². The van der Waals surface area contributed by atoms with Gasteiger partial charge in [-0.2, -0.15) is 10.2 Å². The largest absolute Gasteiger partial charge is 0.326 e. The molecule has 21 heavy (non-hydrogen) atoms. The van der Waals surface area contributed by atoms with Gasteiger partial charge in [0, 0.05) is 17.8 Å². The number of hydrogen-bond donors (Lipinski definition) is 2. The molecule has 108 valence electrons. The standard InChI is InChI=1S/C15H16N4O2/c1-3-14(20)18-12-4-5-13(10(2)8-12)19-15(21)11-6-7-16-17-9-11/h4-9H,3H2,1-2H3,(H,18,20)(H,19,21). The first kappa shape index (κ1) is 14.6. The minimum atomic E-state index is -0.252. The Bertz CT molecular complexity index is 656. The molecule has 0 saturated carbocycles. The zero-order chi connectivity index (χ0) is 15.2. The topological polar surface area (TPSA) is 84.0 Å². The maximum atomic E-state index is 12.0. The minimum absolute atomic E-state index is 0.0472. The van der Waals surface area contributed by atoms with Crippen molar-refractivity contribution in [2.45, 2.75) is 20.3 Å². The summed E-state index contributed by atoms with van der Waals surface area (Å²) < 4.78 is 0. The van der Waals surface area contributed by atoms with E-state index in [1.54, 1.807) is 25.1 Å². The first-order chi connectivity index (χ1) is 10.1. The number of hydrogen-bond acceptors (Lipinski definition) is 4. The van der Waals surface area contributed by atoms with Crippen LogP contribution in [0.2, 0.25) is 0 Å². The van der Waals surface area contributed by atoms with Gasteiger partial charge in [0.1, 0.15) is 0 Å². The summed E-state index contributed by atoms with van der Waals surface area (Å²) in [6.45, 7) is 3.65. The second-order valence-electron chi connectivity index (χ2n) is 4.52. The molecule has 0 aliphatic rings. The van der Waals surface area contributed by atoms with Crippen molar-refractivity contribution in [1.82, 2.24) is 10.2 Å². The van der Waals surface area contributed by atoms with E-state index in [0.717, 1.165) is 5.56 Å². The van der Waals surface area contributed by atoms with Gasteiger partial charge in [-0.1, -0.05) is 6.92 Å². The van der Waals surface area contributed by atoms with Crippen LogP contribution in [0.1, 0.15) is 29.3 Å². The Balaban J connectivity index is 2.11. The summed E-state index contributed by atoms with van der Waals surface area (Å²) in [4.78, 5) is 23.4. The highest BCUT2D eigenvalue weighted by molar-refractivity contribution is 6.04. The number of carbonyl (C=O) groups is 2. The molecule has 6 nitrogen and oxygen atoms in total. The van der Waals surface area contributed by atoms with Crippen molar-refractivity contribution in [2.24, 2.45) is 0 Å². The third kappa shape index (κ3) is 3.85. The molecule has 2 aromatic rings. The third-order valence-corrected chi connectivity index (χ3v) is 2.93. The SMILES string of the molecule is CCC(=O)Nc1ccc(NC(=O)c2ccnnc2)c(C)c1. The summed E-state index contributed by atoms with van der Waals surface area (Å²) >= 11 is 0. The number of amides is 2. The molecular weight excluding hydrogens is 268 g/mol. The molecule has 0 atom stereocenters. The van der Waals surface area contributed by atoms with Crippen LogP contribution in [0.15, 0.2) is 36.7 Å². The summed E-state index contributed by atoms with van der Waals surface area (Å²) in [6, 6.07) is 6.91. The number of nitrogens with one attached hydrogen (secondary N) is 2. The van der Waals surface area contributed by atoms with Crippen molar-refractivity contribution in [1.29, 1.82) is 0 Å². The number of anilines is 2. The average Bonchev–Trinajstić information content (AvgIpc) is 2.50. The number of aromatic nitrogens is 2. The van der Waals surface area contributed by atoms with Crippen LogP contribution in [0, 0.1) is 6.92 Å². The van der Waals surface area contributed by atoms with Gasteiger partial charge in [-0.15, -0.1) is 0 Å². The van der Waals surface area contributed by atoms with Crippen molar-refractivity contribution >= 4 is 23.2 Å². The molecule has 0 unspecified atom stereocenters. The zero-order valence-corrected chi connectivity index (χ0v) is 11.9. The maximum absolute atomic E-state index is 12.0. The Morgan fingerprint density at radius 1 is 1.14 bits per heavy atom. The van der Waals surface area contributed by atoms with Crippen LogP contribution < -0.4 is 10.6 Å². The molecule has 0 bridgehead atoms. The van der Waals surface area contributed by atoms with E-state index in [0.29, 0.717) is 23.4 Å². The number of rotatable bonds is 4.